The van der Waals surface area contributed by atoms with Crippen LogP contribution in [-0.4, -0.2) is 29.1 Å². The third-order valence-electron chi connectivity index (χ3n) is 4.50. The molecule has 1 aromatic heterocycles. The van der Waals surface area contributed by atoms with E-state index in [4.69, 9.17) is 4.74 Å². The Bertz CT molecular complexity index is 1040. The molecule has 1 amide bonds. The Morgan fingerprint density at radius 2 is 1.93 bits per heavy atom. The van der Waals surface area contributed by atoms with Gasteiger partial charge in [0, 0.05) is 11.9 Å². The van der Waals surface area contributed by atoms with Gasteiger partial charge in [-0.1, -0.05) is 31.2 Å². The molecule has 2 aromatic carbocycles. The molecule has 146 valence electrons. The summed E-state index contributed by atoms with van der Waals surface area (Å²) in [6.07, 6.45) is 1.47. The van der Waals surface area contributed by atoms with E-state index in [1.807, 2.05) is 26.0 Å². The number of carbonyl (C=O) groups is 1. The quantitative estimate of drug-likeness (QED) is 0.586. The predicted octanol–water partition coefficient (Wildman–Crippen LogP) is 3.30. The van der Waals surface area contributed by atoms with Gasteiger partial charge in [0.15, 0.2) is 0 Å². The maximum Gasteiger partial charge on any atom is 0.261 e. The molecule has 6 nitrogen and oxygen atoms in total. The summed E-state index contributed by atoms with van der Waals surface area (Å²) in [5, 5.41) is 12.8. The Kier molecular flexibility index (Phi) is 5.99. The molecule has 0 aliphatic heterocycles. The summed E-state index contributed by atoms with van der Waals surface area (Å²) < 4.78 is 5.79. The fourth-order valence-corrected chi connectivity index (χ4v) is 2.99. The summed E-state index contributed by atoms with van der Waals surface area (Å²) in [6, 6.07) is 12.2. The van der Waals surface area contributed by atoms with Gasteiger partial charge in [-0.15, -0.1) is 0 Å². The molecule has 0 spiro atoms. The average Bonchev–Trinajstić information content (AvgIpc) is 2.68. The number of phenolic OH excluding ortho intramolecular Hbond substituents is 1. The normalized spacial score (nSPS) is 10.8. The Morgan fingerprint density at radius 3 is 2.64 bits per heavy atom. The fraction of sp³-hybridized carbons (Fsp3) is 0.273. The molecule has 0 aliphatic carbocycles. The number of ether oxygens (including phenoxy) is 1. The van der Waals surface area contributed by atoms with Crippen LogP contribution >= 0.6 is 0 Å². The minimum absolute atomic E-state index is 0.0727. The number of rotatable bonds is 7. The van der Waals surface area contributed by atoms with Crippen LogP contribution in [0.1, 0.15) is 34.8 Å². The lowest BCUT2D eigenvalue weighted by Gasteiger charge is -2.12. The van der Waals surface area contributed by atoms with Crippen LogP contribution in [0.3, 0.4) is 0 Å². The molecule has 1 heterocycles. The highest BCUT2D eigenvalue weighted by Gasteiger charge is 2.14. The van der Waals surface area contributed by atoms with Gasteiger partial charge in [0.05, 0.1) is 12.1 Å². The van der Waals surface area contributed by atoms with Crippen LogP contribution in [0.15, 0.2) is 47.3 Å². The molecule has 0 bridgehead atoms. The summed E-state index contributed by atoms with van der Waals surface area (Å²) in [5.74, 6) is 0.433. The maximum absolute atomic E-state index is 12.5. The summed E-state index contributed by atoms with van der Waals surface area (Å²) in [5.41, 5.74) is 2.16. The van der Waals surface area contributed by atoms with Gasteiger partial charge < -0.3 is 20.1 Å². The lowest BCUT2D eigenvalue weighted by molar-refractivity contribution is 0.0953. The fourth-order valence-electron chi connectivity index (χ4n) is 2.99. The Morgan fingerprint density at radius 1 is 1.18 bits per heavy atom. The third-order valence-corrected chi connectivity index (χ3v) is 4.50. The molecule has 3 N–H and O–H groups in total. The van der Waals surface area contributed by atoms with Gasteiger partial charge in [0.1, 0.15) is 17.1 Å². The molecule has 3 rings (SSSR count). The van der Waals surface area contributed by atoms with Gasteiger partial charge in [-0.25, -0.2) is 0 Å². The van der Waals surface area contributed by atoms with Crippen molar-refractivity contribution >= 4 is 16.8 Å². The van der Waals surface area contributed by atoms with Gasteiger partial charge in [-0.3, -0.25) is 9.59 Å². The second-order valence-corrected chi connectivity index (χ2v) is 6.71. The standard InChI is InChI=1S/C22H24N2O4/c1-3-12-28-20-14(2)4-7-16-13-18(22(27)24-19(16)20)21(26)23-11-10-15-5-8-17(25)9-6-15/h4-9,13,25H,3,10-12H2,1-2H3,(H,23,26)(H,24,27). The van der Waals surface area contributed by atoms with Crippen molar-refractivity contribution in [3.63, 3.8) is 0 Å². The lowest BCUT2D eigenvalue weighted by atomic mass is 10.1. The summed E-state index contributed by atoms with van der Waals surface area (Å²) in [7, 11) is 0. The van der Waals surface area contributed by atoms with E-state index in [1.165, 1.54) is 0 Å². The van der Waals surface area contributed by atoms with Crippen LogP contribution in [0.2, 0.25) is 0 Å². The number of fused-ring (bicyclic) bond motifs is 1. The molecule has 0 unspecified atom stereocenters. The van der Waals surface area contributed by atoms with Crippen LogP contribution in [0, 0.1) is 6.92 Å². The molecular formula is C22H24N2O4. The molecule has 0 fully saturated rings. The first-order chi connectivity index (χ1) is 13.5. The van der Waals surface area contributed by atoms with Crippen molar-refractivity contribution in [1.82, 2.24) is 10.3 Å². The summed E-state index contributed by atoms with van der Waals surface area (Å²) in [4.78, 5) is 27.8. The summed E-state index contributed by atoms with van der Waals surface area (Å²) in [6.45, 7) is 4.89. The first-order valence-electron chi connectivity index (χ1n) is 9.35. The topological polar surface area (TPSA) is 91.4 Å². The van der Waals surface area contributed by atoms with Crippen LogP contribution in [0.25, 0.3) is 10.9 Å². The number of aromatic nitrogens is 1. The second-order valence-electron chi connectivity index (χ2n) is 6.71. The van der Waals surface area contributed by atoms with E-state index in [2.05, 4.69) is 10.3 Å². The van der Waals surface area contributed by atoms with Crippen LogP contribution in [0.4, 0.5) is 0 Å². The molecule has 0 aliphatic rings. The number of amides is 1. The van der Waals surface area contributed by atoms with E-state index < -0.39 is 11.5 Å². The van der Waals surface area contributed by atoms with Gasteiger partial charge >= 0.3 is 0 Å². The highest BCUT2D eigenvalue weighted by molar-refractivity contribution is 5.98. The molecular weight excluding hydrogens is 356 g/mol. The third kappa shape index (κ3) is 4.34. The highest BCUT2D eigenvalue weighted by atomic mass is 16.5. The van der Waals surface area contributed by atoms with Crippen molar-refractivity contribution in [2.24, 2.45) is 0 Å². The highest BCUT2D eigenvalue weighted by Crippen LogP contribution is 2.27. The smallest absolute Gasteiger partial charge is 0.261 e. The minimum Gasteiger partial charge on any atom is -0.508 e. The first kappa shape index (κ1) is 19.5. The minimum atomic E-state index is -0.443. The number of nitrogens with one attached hydrogen (secondary N) is 2. The van der Waals surface area contributed by atoms with Crippen LogP contribution in [0.5, 0.6) is 11.5 Å². The first-order valence-corrected chi connectivity index (χ1v) is 9.35. The van der Waals surface area contributed by atoms with Crippen LogP contribution in [-0.2, 0) is 6.42 Å². The molecule has 0 saturated carbocycles. The molecule has 6 heteroatoms. The number of H-pyrrole nitrogens is 1. The van der Waals surface area contributed by atoms with E-state index in [1.54, 1.807) is 30.3 Å². The number of pyridine rings is 1. The molecule has 3 aromatic rings. The van der Waals surface area contributed by atoms with Crippen molar-refractivity contribution in [1.29, 1.82) is 0 Å². The number of aromatic hydroxyl groups is 1. The number of phenols is 1. The van der Waals surface area contributed by atoms with Crippen molar-refractivity contribution in [2.45, 2.75) is 26.7 Å². The SMILES string of the molecule is CCCOc1c(C)ccc2cc(C(=O)NCCc3ccc(O)cc3)c(=O)[nH]c12. The van der Waals surface area contributed by atoms with Gasteiger partial charge in [-0.05, 0) is 49.1 Å². The lowest BCUT2D eigenvalue weighted by Crippen LogP contribution is -2.31. The van der Waals surface area contributed by atoms with Gasteiger partial charge in [-0.2, -0.15) is 0 Å². The Hall–Kier alpha value is -3.28. The van der Waals surface area contributed by atoms with E-state index in [9.17, 15) is 14.7 Å². The number of benzene rings is 2. The average molecular weight is 380 g/mol. The number of aryl methyl sites for hydroxylation is 1. The van der Waals surface area contributed by atoms with E-state index in [0.29, 0.717) is 30.8 Å². The number of carbonyl (C=O) groups excluding carboxylic acids is 1. The zero-order chi connectivity index (χ0) is 20.1. The van der Waals surface area contributed by atoms with Crippen molar-refractivity contribution in [2.75, 3.05) is 13.2 Å². The Labute approximate surface area is 163 Å². The number of hydrogen-bond acceptors (Lipinski definition) is 4. The Balaban J connectivity index is 1.77. The van der Waals surface area contributed by atoms with Crippen molar-refractivity contribution < 1.29 is 14.6 Å². The monoisotopic (exact) mass is 380 g/mol. The van der Waals surface area contributed by atoms with Gasteiger partial charge in [0.25, 0.3) is 11.5 Å². The number of aromatic amines is 1. The zero-order valence-corrected chi connectivity index (χ0v) is 16.0. The molecule has 0 radical (unpaired) electrons. The van der Waals surface area contributed by atoms with Gasteiger partial charge in [0.2, 0.25) is 0 Å². The maximum atomic E-state index is 12.5. The predicted molar refractivity (Wildman–Crippen MR) is 109 cm³/mol. The van der Waals surface area contributed by atoms with Crippen molar-refractivity contribution in [3.8, 4) is 11.5 Å². The molecule has 28 heavy (non-hydrogen) atoms. The second kappa shape index (κ2) is 8.61. The largest absolute Gasteiger partial charge is 0.508 e. The zero-order valence-electron chi connectivity index (χ0n) is 16.0. The van der Waals surface area contributed by atoms with E-state index in [-0.39, 0.29) is 11.3 Å². The van der Waals surface area contributed by atoms with Crippen molar-refractivity contribution in [3.05, 3.63) is 69.5 Å². The molecule has 0 saturated heterocycles. The van der Waals surface area contributed by atoms with E-state index >= 15 is 0 Å². The summed E-state index contributed by atoms with van der Waals surface area (Å²) >= 11 is 0. The number of hydrogen-bond donors (Lipinski definition) is 3. The van der Waals surface area contributed by atoms with E-state index in [0.717, 1.165) is 22.9 Å². The molecule has 0 atom stereocenters. The van der Waals surface area contributed by atoms with Crippen LogP contribution < -0.4 is 15.6 Å².